The van der Waals surface area contributed by atoms with Crippen LogP contribution in [0.3, 0.4) is 0 Å². The molecular formula is C12H19NO2. The maximum Gasteiger partial charge on any atom is 0.161 e. The van der Waals surface area contributed by atoms with Crippen molar-refractivity contribution in [3.8, 4) is 11.5 Å². The zero-order valence-electron chi connectivity index (χ0n) is 9.62. The van der Waals surface area contributed by atoms with E-state index in [1.807, 2.05) is 25.1 Å². The zero-order chi connectivity index (χ0) is 11.3. The number of hydrogen-bond donors (Lipinski definition) is 1. The first-order valence-electron chi connectivity index (χ1n) is 5.24. The Morgan fingerprint density at radius 3 is 2.60 bits per heavy atom. The van der Waals surface area contributed by atoms with Crippen molar-refractivity contribution >= 4 is 0 Å². The highest BCUT2D eigenvalue weighted by Crippen LogP contribution is 2.28. The van der Waals surface area contributed by atoms with Crippen LogP contribution in [0.15, 0.2) is 18.2 Å². The quantitative estimate of drug-likeness (QED) is 0.806. The van der Waals surface area contributed by atoms with Crippen molar-refractivity contribution in [1.82, 2.24) is 0 Å². The van der Waals surface area contributed by atoms with Crippen LogP contribution in [0.4, 0.5) is 0 Å². The van der Waals surface area contributed by atoms with Gasteiger partial charge < -0.3 is 15.2 Å². The second kappa shape index (κ2) is 5.61. The first kappa shape index (κ1) is 11.9. The number of aryl methyl sites for hydroxylation is 1. The summed E-state index contributed by atoms with van der Waals surface area (Å²) in [7, 11) is 1.65. The summed E-state index contributed by atoms with van der Waals surface area (Å²) < 4.78 is 10.9. The van der Waals surface area contributed by atoms with E-state index >= 15 is 0 Å². The van der Waals surface area contributed by atoms with Crippen LogP contribution in [0.5, 0.6) is 11.5 Å². The van der Waals surface area contributed by atoms with Crippen molar-refractivity contribution in [3.63, 3.8) is 0 Å². The summed E-state index contributed by atoms with van der Waals surface area (Å²) in [5.41, 5.74) is 6.74. The lowest BCUT2D eigenvalue weighted by atomic mass is 10.1. The van der Waals surface area contributed by atoms with Gasteiger partial charge in [-0.15, -0.1) is 0 Å². The third kappa shape index (κ3) is 3.13. The van der Waals surface area contributed by atoms with Gasteiger partial charge in [-0.05, 0) is 31.0 Å². The molecule has 1 atom stereocenters. The smallest absolute Gasteiger partial charge is 0.161 e. The van der Waals surface area contributed by atoms with E-state index in [9.17, 15) is 0 Å². The van der Waals surface area contributed by atoms with E-state index in [0.717, 1.165) is 17.9 Å². The van der Waals surface area contributed by atoms with Crippen molar-refractivity contribution in [2.45, 2.75) is 26.4 Å². The van der Waals surface area contributed by atoms with Gasteiger partial charge in [0, 0.05) is 6.54 Å². The van der Waals surface area contributed by atoms with Gasteiger partial charge in [-0.2, -0.15) is 0 Å². The first-order chi connectivity index (χ1) is 7.21. The van der Waals surface area contributed by atoms with E-state index in [4.69, 9.17) is 15.2 Å². The number of hydrogen-bond acceptors (Lipinski definition) is 3. The highest BCUT2D eigenvalue weighted by molar-refractivity contribution is 5.43. The molecule has 1 unspecified atom stereocenters. The molecule has 0 radical (unpaired) electrons. The van der Waals surface area contributed by atoms with Gasteiger partial charge in [-0.25, -0.2) is 0 Å². The Bertz CT molecular complexity index is 312. The molecule has 0 spiro atoms. The Hall–Kier alpha value is -1.22. The number of methoxy groups -OCH3 is 1. The molecule has 84 valence electrons. The van der Waals surface area contributed by atoms with Crippen LogP contribution in [-0.2, 0) is 6.42 Å². The normalized spacial score (nSPS) is 12.3. The molecule has 0 amide bonds. The molecular weight excluding hydrogens is 190 g/mol. The number of rotatable bonds is 5. The Morgan fingerprint density at radius 1 is 1.33 bits per heavy atom. The van der Waals surface area contributed by atoms with E-state index in [-0.39, 0.29) is 6.10 Å². The minimum absolute atomic E-state index is 0.00590. The van der Waals surface area contributed by atoms with Crippen LogP contribution in [0.1, 0.15) is 19.4 Å². The molecule has 1 aromatic rings. The molecule has 0 aliphatic carbocycles. The van der Waals surface area contributed by atoms with E-state index in [1.165, 1.54) is 5.56 Å². The third-order valence-electron chi connectivity index (χ3n) is 2.30. The molecule has 3 heteroatoms. The first-order valence-corrected chi connectivity index (χ1v) is 5.24. The molecule has 0 aliphatic heterocycles. The largest absolute Gasteiger partial charge is 0.493 e. The van der Waals surface area contributed by atoms with E-state index in [0.29, 0.717) is 6.54 Å². The molecule has 3 nitrogen and oxygen atoms in total. The summed E-state index contributed by atoms with van der Waals surface area (Å²) in [6.45, 7) is 4.55. The zero-order valence-corrected chi connectivity index (χ0v) is 9.62. The molecule has 2 N–H and O–H groups in total. The fraction of sp³-hybridized carbons (Fsp3) is 0.500. The van der Waals surface area contributed by atoms with Crippen molar-refractivity contribution < 1.29 is 9.47 Å². The molecule has 0 aromatic heterocycles. The topological polar surface area (TPSA) is 44.5 Å². The summed E-state index contributed by atoms with van der Waals surface area (Å²) in [5.74, 6) is 1.53. The van der Waals surface area contributed by atoms with Crippen LogP contribution in [-0.4, -0.2) is 19.8 Å². The molecule has 15 heavy (non-hydrogen) atoms. The van der Waals surface area contributed by atoms with E-state index < -0.39 is 0 Å². The summed E-state index contributed by atoms with van der Waals surface area (Å²) in [6.07, 6.45) is 0.995. The van der Waals surface area contributed by atoms with Crippen LogP contribution in [0, 0.1) is 0 Å². The van der Waals surface area contributed by atoms with Crippen LogP contribution < -0.4 is 15.2 Å². The van der Waals surface area contributed by atoms with Gasteiger partial charge in [-0.3, -0.25) is 0 Å². The molecule has 0 aliphatic rings. The van der Waals surface area contributed by atoms with Crippen LogP contribution in [0.25, 0.3) is 0 Å². The molecule has 0 fully saturated rings. The minimum Gasteiger partial charge on any atom is -0.493 e. The fourth-order valence-electron chi connectivity index (χ4n) is 1.29. The van der Waals surface area contributed by atoms with Gasteiger partial charge in [0.05, 0.1) is 7.11 Å². The Morgan fingerprint density at radius 2 is 2.07 bits per heavy atom. The molecule has 0 saturated carbocycles. The van der Waals surface area contributed by atoms with Gasteiger partial charge in [0.2, 0.25) is 0 Å². The Labute approximate surface area is 91.2 Å². The van der Waals surface area contributed by atoms with Crippen LogP contribution >= 0.6 is 0 Å². The Kier molecular flexibility index (Phi) is 4.43. The lowest BCUT2D eigenvalue weighted by Gasteiger charge is -2.15. The van der Waals surface area contributed by atoms with E-state index in [1.54, 1.807) is 7.11 Å². The highest BCUT2D eigenvalue weighted by atomic mass is 16.5. The predicted molar refractivity (Wildman–Crippen MR) is 61.5 cm³/mol. The van der Waals surface area contributed by atoms with Crippen molar-refractivity contribution in [1.29, 1.82) is 0 Å². The summed E-state index contributed by atoms with van der Waals surface area (Å²) in [4.78, 5) is 0. The summed E-state index contributed by atoms with van der Waals surface area (Å²) in [5, 5.41) is 0. The van der Waals surface area contributed by atoms with Crippen molar-refractivity contribution in [2.75, 3.05) is 13.7 Å². The number of ether oxygens (including phenoxy) is 2. The second-order valence-electron chi connectivity index (χ2n) is 3.50. The third-order valence-corrected chi connectivity index (χ3v) is 2.30. The van der Waals surface area contributed by atoms with Gasteiger partial charge in [-0.1, -0.05) is 13.0 Å². The molecule has 1 rings (SSSR count). The predicted octanol–water partition coefficient (Wildman–Crippen LogP) is 1.98. The minimum atomic E-state index is 0.00590. The van der Waals surface area contributed by atoms with Gasteiger partial charge in [0.15, 0.2) is 11.5 Å². The van der Waals surface area contributed by atoms with Crippen LogP contribution in [0.2, 0.25) is 0 Å². The van der Waals surface area contributed by atoms with Gasteiger partial charge in [0.1, 0.15) is 6.10 Å². The highest BCUT2D eigenvalue weighted by Gasteiger charge is 2.08. The fourth-order valence-corrected chi connectivity index (χ4v) is 1.29. The lowest BCUT2D eigenvalue weighted by Crippen LogP contribution is -2.23. The average Bonchev–Trinajstić information content (AvgIpc) is 2.29. The lowest BCUT2D eigenvalue weighted by molar-refractivity contribution is 0.219. The monoisotopic (exact) mass is 209 g/mol. The maximum absolute atomic E-state index is 5.64. The van der Waals surface area contributed by atoms with E-state index in [2.05, 4.69) is 6.92 Å². The molecule has 0 bridgehead atoms. The molecule has 0 saturated heterocycles. The van der Waals surface area contributed by atoms with Crippen molar-refractivity contribution in [3.05, 3.63) is 23.8 Å². The average molecular weight is 209 g/mol. The van der Waals surface area contributed by atoms with Gasteiger partial charge in [0.25, 0.3) is 0 Å². The van der Waals surface area contributed by atoms with Crippen molar-refractivity contribution in [2.24, 2.45) is 5.73 Å². The Balaban J connectivity index is 2.87. The molecule has 0 heterocycles. The standard InChI is InChI=1S/C12H19NO2/c1-4-10-5-6-11(12(7-10)14-3)15-9(2)8-13/h5-7,9H,4,8,13H2,1-3H3. The summed E-state index contributed by atoms with van der Waals surface area (Å²) in [6, 6.07) is 5.98. The maximum atomic E-state index is 5.64. The molecule has 1 aromatic carbocycles. The second-order valence-corrected chi connectivity index (χ2v) is 3.50. The van der Waals surface area contributed by atoms with Gasteiger partial charge >= 0.3 is 0 Å². The SMILES string of the molecule is CCc1ccc(OC(C)CN)c(OC)c1. The number of nitrogens with two attached hydrogens (primary N) is 1. The summed E-state index contributed by atoms with van der Waals surface area (Å²) >= 11 is 0. The number of benzene rings is 1.